The molecule has 0 aliphatic carbocycles. The second kappa shape index (κ2) is 4.20. The van der Waals surface area contributed by atoms with Crippen molar-refractivity contribution in [2.45, 2.75) is 19.0 Å². The highest BCUT2D eigenvalue weighted by Gasteiger charge is 2.30. The third-order valence-corrected chi connectivity index (χ3v) is 2.18. The molecule has 4 amide bonds. The maximum Gasteiger partial charge on any atom is 0.322 e. The number of hydrogen-bond donors (Lipinski definition) is 3. The molecule has 1 aromatic rings. The summed E-state index contributed by atoms with van der Waals surface area (Å²) in [5.41, 5.74) is 5.48. The number of rotatable bonds is 4. The first-order valence-electron chi connectivity index (χ1n) is 4.83. The predicted octanol–water partition coefficient (Wildman–Crippen LogP) is -2.49. The molecule has 0 bridgehead atoms. The number of urea groups is 1. The Balaban J connectivity index is 1.99. The van der Waals surface area contributed by atoms with Crippen molar-refractivity contribution in [1.29, 1.82) is 0 Å². The van der Waals surface area contributed by atoms with E-state index in [-0.39, 0.29) is 13.0 Å². The van der Waals surface area contributed by atoms with Gasteiger partial charge in [-0.15, -0.1) is 5.10 Å². The largest absolute Gasteiger partial charge is 0.368 e. The van der Waals surface area contributed by atoms with Crippen LogP contribution in [0.25, 0.3) is 0 Å². The fraction of sp³-hybridized carbons (Fsp3) is 0.375. The Labute approximate surface area is 95.3 Å². The third kappa shape index (κ3) is 2.56. The van der Waals surface area contributed by atoms with Gasteiger partial charge in [0, 0.05) is 12.6 Å². The fourth-order valence-electron chi connectivity index (χ4n) is 1.48. The van der Waals surface area contributed by atoms with Crippen molar-refractivity contribution in [2.24, 2.45) is 5.73 Å². The summed E-state index contributed by atoms with van der Waals surface area (Å²) in [7, 11) is 0. The smallest absolute Gasteiger partial charge is 0.322 e. The molecular formula is C8H10N6O3. The lowest BCUT2D eigenvalue weighted by molar-refractivity contribution is -0.120. The van der Waals surface area contributed by atoms with Crippen LogP contribution in [0.4, 0.5) is 4.79 Å². The van der Waals surface area contributed by atoms with Crippen molar-refractivity contribution in [3.63, 3.8) is 0 Å². The second-order valence-corrected chi connectivity index (χ2v) is 3.59. The number of imide groups is 1. The Morgan fingerprint density at radius 1 is 1.53 bits per heavy atom. The summed E-state index contributed by atoms with van der Waals surface area (Å²) >= 11 is 0. The van der Waals surface area contributed by atoms with Gasteiger partial charge in [-0.1, -0.05) is 5.21 Å². The quantitative estimate of drug-likeness (QED) is 0.499. The van der Waals surface area contributed by atoms with Crippen LogP contribution in [0.1, 0.15) is 5.69 Å². The molecule has 1 saturated heterocycles. The lowest BCUT2D eigenvalue weighted by Gasteiger charge is -2.02. The van der Waals surface area contributed by atoms with Gasteiger partial charge < -0.3 is 11.1 Å². The van der Waals surface area contributed by atoms with Gasteiger partial charge in [-0.05, 0) is 0 Å². The van der Waals surface area contributed by atoms with Gasteiger partial charge >= 0.3 is 6.03 Å². The Bertz CT molecular complexity index is 481. The fourth-order valence-corrected chi connectivity index (χ4v) is 1.48. The zero-order chi connectivity index (χ0) is 12.4. The average molecular weight is 238 g/mol. The van der Waals surface area contributed by atoms with Gasteiger partial charge in [0.1, 0.15) is 12.6 Å². The summed E-state index contributed by atoms with van der Waals surface area (Å²) in [5.74, 6) is -0.937. The van der Waals surface area contributed by atoms with Crippen LogP contribution >= 0.6 is 0 Å². The highest BCUT2D eigenvalue weighted by molar-refractivity contribution is 6.04. The number of aromatic nitrogens is 3. The molecule has 1 aromatic heterocycles. The molecule has 1 unspecified atom stereocenters. The standard InChI is InChI=1S/C8H10N6O3/c9-6(15)3-14-2-4(12-13-14)1-5-7(16)11-8(17)10-5/h2,5H,1,3H2,(H2,9,15)(H2,10,11,16,17). The van der Waals surface area contributed by atoms with Crippen LogP contribution in [-0.4, -0.2) is 38.9 Å². The van der Waals surface area contributed by atoms with Crippen molar-refractivity contribution in [2.75, 3.05) is 0 Å². The minimum atomic E-state index is -0.652. The highest BCUT2D eigenvalue weighted by atomic mass is 16.2. The lowest BCUT2D eigenvalue weighted by Crippen LogP contribution is -2.31. The first kappa shape index (κ1) is 11.0. The summed E-state index contributed by atoms with van der Waals surface area (Å²) in [4.78, 5) is 32.7. The van der Waals surface area contributed by atoms with Gasteiger partial charge in [0.25, 0.3) is 5.91 Å². The molecule has 1 aliphatic heterocycles. The monoisotopic (exact) mass is 238 g/mol. The average Bonchev–Trinajstić information content (AvgIpc) is 2.74. The normalized spacial score (nSPS) is 18.9. The number of carbonyl (C=O) groups is 3. The topological polar surface area (TPSA) is 132 Å². The van der Waals surface area contributed by atoms with Gasteiger partial charge in [0.15, 0.2) is 0 Å². The van der Waals surface area contributed by atoms with E-state index in [0.717, 1.165) is 0 Å². The van der Waals surface area contributed by atoms with Crippen LogP contribution in [-0.2, 0) is 22.6 Å². The molecule has 0 aromatic carbocycles. The first-order chi connectivity index (χ1) is 8.04. The number of nitrogens with two attached hydrogens (primary N) is 1. The number of hydrogen-bond acceptors (Lipinski definition) is 5. The molecule has 2 heterocycles. The molecule has 0 spiro atoms. The van der Waals surface area contributed by atoms with E-state index in [4.69, 9.17) is 5.73 Å². The Morgan fingerprint density at radius 2 is 2.29 bits per heavy atom. The predicted molar refractivity (Wildman–Crippen MR) is 53.4 cm³/mol. The van der Waals surface area contributed by atoms with Crippen molar-refractivity contribution in [3.05, 3.63) is 11.9 Å². The van der Waals surface area contributed by atoms with Gasteiger partial charge in [-0.2, -0.15) is 0 Å². The zero-order valence-corrected chi connectivity index (χ0v) is 8.71. The van der Waals surface area contributed by atoms with E-state index < -0.39 is 23.9 Å². The van der Waals surface area contributed by atoms with E-state index in [0.29, 0.717) is 5.69 Å². The maximum absolute atomic E-state index is 11.3. The minimum Gasteiger partial charge on any atom is -0.368 e. The van der Waals surface area contributed by atoms with E-state index in [1.54, 1.807) is 0 Å². The van der Waals surface area contributed by atoms with E-state index in [2.05, 4.69) is 20.9 Å². The number of amides is 4. The Kier molecular flexibility index (Phi) is 2.73. The van der Waals surface area contributed by atoms with Crippen molar-refractivity contribution < 1.29 is 14.4 Å². The van der Waals surface area contributed by atoms with E-state index in [1.165, 1.54) is 10.9 Å². The molecule has 9 nitrogen and oxygen atoms in total. The molecule has 0 radical (unpaired) electrons. The van der Waals surface area contributed by atoms with Crippen LogP contribution in [0.5, 0.6) is 0 Å². The van der Waals surface area contributed by atoms with Crippen molar-refractivity contribution in [1.82, 2.24) is 25.6 Å². The SMILES string of the molecule is NC(=O)Cn1cc(CC2NC(=O)NC2=O)nn1. The zero-order valence-electron chi connectivity index (χ0n) is 8.71. The minimum absolute atomic E-state index is 0.0732. The number of primary amides is 1. The maximum atomic E-state index is 11.3. The van der Waals surface area contributed by atoms with Crippen LogP contribution in [0.15, 0.2) is 6.20 Å². The molecule has 9 heteroatoms. The Hall–Kier alpha value is -2.45. The highest BCUT2D eigenvalue weighted by Crippen LogP contribution is 2.02. The summed E-state index contributed by atoms with van der Waals surface area (Å²) in [6.45, 7) is -0.0732. The summed E-state index contributed by atoms with van der Waals surface area (Å²) in [6.07, 6.45) is 1.72. The molecule has 90 valence electrons. The van der Waals surface area contributed by atoms with Crippen LogP contribution in [0.2, 0.25) is 0 Å². The van der Waals surface area contributed by atoms with Gasteiger partial charge in [-0.25, -0.2) is 9.48 Å². The van der Waals surface area contributed by atoms with E-state index in [1.807, 2.05) is 0 Å². The number of nitrogens with one attached hydrogen (secondary N) is 2. The van der Waals surface area contributed by atoms with Crippen LogP contribution in [0, 0.1) is 0 Å². The van der Waals surface area contributed by atoms with E-state index in [9.17, 15) is 14.4 Å². The lowest BCUT2D eigenvalue weighted by atomic mass is 10.2. The summed E-state index contributed by atoms with van der Waals surface area (Å²) in [6, 6.07) is -1.18. The van der Waals surface area contributed by atoms with Crippen molar-refractivity contribution >= 4 is 17.8 Å². The van der Waals surface area contributed by atoms with Crippen LogP contribution in [0.3, 0.4) is 0 Å². The molecule has 17 heavy (non-hydrogen) atoms. The van der Waals surface area contributed by atoms with Gasteiger partial charge in [0.2, 0.25) is 5.91 Å². The van der Waals surface area contributed by atoms with E-state index >= 15 is 0 Å². The molecule has 1 atom stereocenters. The Morgan fingerprint density at radius 3 is 2.88 bits per heavy atom. The van der Waals surface area contributed by atoms with Crippen LogP contribution < -0.4 is 16.4 Å². The molecule has 0 saturated carbocycles. The first-order valence-corrected chi connectivity index (χ1v) is 4.83. The third-order valence-electron chi connectivity index (χ3n) is 2.18. The number of carbonyl (C=O) groups excluding carboxylic acids is 3. The van der Waals surface area contributed by atoms with Gasteiger partial charge in [-0.3, -0.25) is 14.9 Å². The molecule has 2 rings (SSSR count). The number of nitrogens with zero attached hydrogens (tertiary/aromatic N) is 3. The van der Waals surface area contributed by atoms with Crippen molar-refractivity contribution in [3.8, 4) is 0 Å². The summed E-state index contributed by atoms with van der Waals surface area (Å²) in [5, 5.41) is 12.0. The molecule has 1 fully saturated rings. The van der Waals surface area contributed by atoms with Gasteiger partial charge in [0.05, 0.1) is 5.69 Å². The molecule has 1 aliphatic rings. The molecule has 4 N–H and O–H groups in total. The second-order valence-electron chi connectivity index (χ2n) is 3.59. The molecular weight excluding hydrogens is 228 g/mol. The summed E-state index contributed by atoms with van der Waals surface area (Å²) < 4.78 is 1.27.